The second-order valence-electron chi connectivity index (χ2n) is 5.15. The van der Waals surface area contributed by atoms with Gasteiger partial charge in [-0.1, -0.05) is 11.6 Å². The van der Waals surface area contributed by atoms with E-state index < -0.39 is 0 Å². The number of ether oxygens (including phenoxy) is 1. The molecular formula is C14H17ClN6O2S. The molecule has 0 aromatic carbocycles. The predicted octanol–water partition coefficient (Wildman–Crippen LogP) is 1.67. The predicted molar refractivity (Wildman–Crippen MR) is 94.0 cm³/mol. The van der Waals surface area contributed by atoms with Crippen molar-refractivity contribution in [1.29, 1.82) is 0 Å². The fourth-order valence-electron chi connectivity index (χ4n) is 2.47. The molecule has 1 fully saturated rings. The Morgan fingerprint density at radius 1 is 1.33 bits per heavy atom. The monoisotopic (exact) mass is 368 g/mol. The van der Waals surface area contributed by atoms with Gasteiger partial charge < -0.3 is 20.3 Å². The number of halogens is 1. The van der Waals surface area contributed by atoms with Crippen LogP contribution in [0, 0.1) is 0 Å². The molecule has 0 atom stereocenters. The maximum absolute atomic E-state index is 11.7. The maximum Gasteiger partial charge on any atom is 0.357 e. The van der Waals surface area contributed by atoms with Crippen molar-refractivity contribution < 1.29 is 9.53 Å². The molecule has 1 aliphatic heterocycles. The number of rotatable bonds is 4. The number of esters is 1. The van der Waals surface area contributed by atoms with E-state index >= 15 is 0 Å². The highest BCUT2D eigenvalue weighted by Crippen LogP contribution is 2.27. The summed E-state index contributed by atoms with van der Waals surface area (Å²) < 4.78 is 4.97. The zero-order valence-corrected chi connectivity index (χ0v) is 14.7. The lowest BCUT2D eigenvalue weighted by Gasteiger charge is -2.36. The molecule has 3 rings (SSSR count). The molecule has 0 unspecified atom stereocenters. The van der Waals surface area contributed by atoms with Crippen LogP contribution in [0.1, 0.15) is 17.4 Å². The first-order valence-corrected chi connectivity index (χ1v) is 8.75. The number of nitrogens with zero attached hydrogens (tertiary/aromatic N) is 5. The maximum atomic E-state index is 11.7. The number of carbonyl (C=O) groups is 1. The molecule has 1 aliphatic rings. The number of aromatic nitrogens is 3. The van der Waals surface area contributed by atoms with Crippen LogP contribution in [0.4, 0.5) is 16.6 Å². The van der Waals surface area contributed by atoms with E-state index in [1.807, 2.05) is 0 Å². The first-order chi connectivity index (χ1) is 11.6. The van der Waals surface area contributed by atoms with Gasteiger partial charge in [0.1, 0.15) is 0 Å². The third-order valence-electron chi connectivity index (χ3n) is 3.64. The number of hydrogen-bond acceptors (Lipinski definition) is 9. The van der Waals surface area contributed by atoms with E-state index in [1.165, 1.54) is 11.3 Å². The van der Waals surface area contributed by atoms with Gasteiger partial charge in [0.2, 0.25) is 0 Å². The zero-order valence-electron chi connectivity index (χ0n) is 13.1. The lowest BCUT2D eigenvalue weighted by Crippen LogP contribution is -2.46. The van der Waals surface area contributed by atoms with Gasteiger partial charge in [-0.2, -0.15) is 0 Å². The van der Waals surface area contributed by atoms with Crippen molar-refractivity contribution in [3.63, 3.8) is 0 Å². The first-order valence-electron chi connectivity index (χ1n) is 7.49. The second kappa shape index (κ2) is 7.18. The molecule has 2 aromatic rings. The number of thiazole rings is 1. The van der Waals surface area contributed by atoms with E-state index in [-0.39, 0.29) is 5.97 Å². The van der Waals surface area contributed by atoms with Crippen LogP contribution in [0.3, 0.4) is 0 Å². The smallest absolute Gasteiger partial charge is 0.357 e. The lowest BCUT2D eigenvalue weighted by molar-refractivity contribution is 0.0520. The zero-order chi connectivity index (χ0) is 17.1. The lowest BCUT2D eigenvalue weighted by atomic mass is 10.3. The molecule has 8 nitrogen and oxygen atoms in total. The van der Waals surface area contributed by atoms with Gasteiger partial charge in [0.15, 0.2) is 21.8 Å². The SMILES string of the molecule is CCOC(=O)c1csc(N2CCN(c3cc(Cl)nnc3N)CC2)n1. The van der Waals surface area contributed by atoms with Crippen molar-refractivity contribution in [2.24, 2.45) is 0 Å². The minimum Gasteiger partial charge on any atom is -0.461 e. The van der Waals surface area contributed by atoms with Crippen molar-refractivity contribution in [3.8, 4) is 0 Å². The summed E-state index contributed by atoms with van der Waals surface area (Å²) >= 11 is 7.34. The van der Waals surface area contributed by atoms with Gasteiger partial charge in [0, 0.05) is 37.6 Å². The quantitative estimate of drug-likeness (QED) is 0.814. The summed E-state index contributed by atoms with van der Waals surface area (Å²) in [5.41, 5.74) is 7.03. The van der Waals surface area contributed by atoms with E-state index in [1.54, 1.807) is 18.4 Å². The van der Waals surface area contributed by atoms with Crippen LogP contribution < -0.4 is 15.5 Å². The average molecular weight is 369 g/mol. The van der Waals surface area contributed by atoms with Crippen LogP contribution in [-0.2, 0) is 4.74 Å². The Bertz CT molecular complexity index is 732. The summed E-state index contributed by atoms with van der Waals surface area (Å²) in [6.45, 7) is 5.13. The minimum atomic E-state index is -0.385. The molecule has 0 spiro atoms. The van der Waals surface area contributed by atoms with Crippen molar-refractivity contribution in [2.75, 3.05) is 48.3 Å². The van der Waals surface area contributed by atoms with Crippen molar-refractivity contribution in [3.05, 3.63) is 22.3 Å². The number of nitrogen functional groups attached to an aromatic ring is 1. The van der Waals surface area contributed by atoms with Gasteiger partial charge in [-0.3, -0.25) is 0 Å². The van der Waals surface area contributed by atoms with E-state index in [4.69, 9.17) is 22.1 Å². The summed E-state index contributed by atoms with van der Waals surface area (Å²) in [6, 6.07) is 1.72. The van der Waals surface area contributed by atoms with Crippen LogP contribution in [0.5, 0.6) is 0 Å². The minimum absolute atomic E-state index is 0.320. The standard InChI is InChI=1S/C14H17ClN6O2S/c1-2-23-13(22)9-8-24-14(17-9)21-5-3-20(4-6-21)10-7-11(15)18-19-12(10)16/h7-8H,2-6H2,1H3,(H2,16,19). The van der Waals surface area contributed by atoms with Crippen molar-refractivity contribution in [2.45, 2.75) is 6.92 Å². The summed E-state index contributed by atoms with van der Waals surface area (Å²) in [6.07, 6.45) is 0. The van der Waals surface area contributed by atoms with E-state index in [0.717, 1.165) is 37.0 Å². The number of anilines is 3. The Morgan fingerprint density at radius 2 is 2.04 bits per heavy atom. The molecular weight excluding hydrogens is 352 g/mol. The summed E-state index contributed by atoms with van der Waals surface area (Å²) in [5, 5.41) is 10.4. The highest BCUT2D eigenvalue weighted by Gasteiger charge is 2.23. The van der Waals surface area contributed by atoms with Crippen LogP contribution in [0.15, 0.2) is 11.4 Å². The average Bonchev–Trinajstić information content (AvgIpc) is 3.08. The molecule has 0 aliphatic carbocycles. The molecule has 0 bridgehead atoms. The molecule has 2 N–H and O–H groups in total. The van der Waals surface area contributed by atoms with Gasteiger partial charge in [-0.25, -0.2) is 9.78 Å². The third-order valence-corrected chi connectivity index (χ3v) is 4.73. The molecule has 128 valence electrons. The highest BCUT2D eigenvalue weighted by atomic mass is 35.5. The number of piperazine rings is 1. The molecule has 0 radical (unpaired) electrons. The largest absolute Gasteiger partial charge is 0.461 e. The number of carbonyl (C=O) groups excluding carboxylic acids is 1. The number of nitrogens with two attached hydrogens (primary N) is 1. The van der Waals surface area contributed by atoms with Gasteiger partial charge in [-0.15, -0.1) is 21.5 Å². The van der Waals surface area contributed by atoms with Crippen molar-refractivity contribution >= 4 is 45.5 Å². The van der Waals surface area contributed by atoms with Crippen LogP contribution >= 0.6 is 22.9 Å². The molecule has 3 heterocycles. The first kappa shape index (κ1) is 16.7. The fraction of sp³-hybridized carbons (Fsp3) is 0.429. The summed E-state index contributed by atoms with van der Waals surface area (Å²) in [7, 11) is 0. The highest BCUT2D eigenvalue weighted by molar-refractivity contribution is 7.13. The van der Waals surface area contributed by atoms with Crippen molar-refractivity contribution in [1.82, 2.24) is 15.2 Å². The Labute approximate surface area is 148 Å². The Morgan fingerprint density at radius 3 is 2.75 bits per heavy atom. The second-order valence-corrected chi connectivity index (χ2v) is 6.37. The van der Waals surface area contributed by atoms with Gasteiger partial charge >= 0.3 is 5.97 Å². The molecule has 0 amide bonds. The van der Waals surface area contributed by atoms with Crippen LogP contribution in [-0.4, -0.2) is 53.9 Å². The van der Waals surface area contributed by atoms with Gasteiger partial charge in [0.05, 0.1) is 12.3 Å². The fourth-order valence-corrected chi connectivity index (χ4v) is 3.46. The number of hydrogen-bond donors (Lipinski definition) is 1. The molecule has 10 heteroatoms. The molecule has 2 aromatic heterocycles. The molecule has 1 saturated heterocycles. The van der Waals surface area contributed by atoms with Crippen LogP contribution in [0.2, 0.25) is 5.15 Å². The van der Waals surface area contributed by atoms with Gasteiger partial charge in [0.25, 0.3) is 0 Å². The third kappa shape index (κ3) is 3.51. The van der Waals surface area contributed by atoms with Gasteiger partial charge in [-0.05, 0) is 6.92 Å². The molecule has 0 saturated carbocycles. The molecule has 24 heavy (non-hydrogen) atoms. The topological polar surface area (TPSA) is 97.5 Å². The summed E-state index contributed by atoms with van der Waals surface area (Å²) in [5.74, 6) is -0.0180. The normalized spacial score (nSPS) is 14.8. The Balaban J connectivity index is 1.65. The van der Waals surface area contributed by atoms with E-state index in [9.17, 15) is 4.79 Å². The van der Waals surface area contributed by atoms with E-state index in [0.29, 0.717) is 23.3 Å². The Hall–Kier alpha value is -2.13. The summed E-state index contributed by atoms with van der Waals surface area (Å²) in [4.78, 5) is 20.3. The van der Waals surface area contributed by atoms with E-state index in [2.05, 4.69) is 25.0 Å². The Kier molecular flexibility index (Phi) is 5.00. The van der Waals surface area contributed by atoms with Crippen LogP contribution in [0.25, 0.3) is 0 Å².